The molecule has 2 rings (SSSR count). The Hall–Kier alpha value is -0.490. The maximum Gasteiger partial charge on any atom is 0.0593 e. The summed E-state index contributed by atoms with van der Waals surface area (Å²) in [6.45, 7) is 6.93. The number of hydrogen-bond acceptors (Lipinski definition) is 0. The molecule has 0 aromatic heterocycles. The van der Waals surface area contributed by atoms with E-state index in [0.29, 0.717) is 5.41 Å². The predicted molar refractivity (Wildman–Crippen MR) is 80.4 cm³/mol. The molecule has 0 amide bonds. The van der Waals surface area contributed by atoms with E-state index >= 15 is 0 Å². The van der Waals surface area contributed by atoms with Crippen LogP contribution in [-0.2, 0) is 12.8 Å². The second-order valence-electron chi connectivity index (χ2n) is 6.47. The molecule has 100 valence electrons. The van der Waals surface area contributed by atoms with Crippen LogP contribution < -0.4 is 0 Å². The first-order valence-electron chi connectivity index (χ1n) is 7.27. The van der Waals surface area contributed by atoms with Crippen molar-refractivity contribution in [1.29, 1.82) is 0 Å². The molecule has 1 aliphatic rings. The Morgan fingerprint density at radius 3 is 2.83 bits per heavy atom. The van der Waals surface area contributed by atoms with Gasteiger partial charge in [-0.05, 0) is 54.2 Å². The second kappa shape index (κ2) is 5.65. The van der Waals surface area contributed by atoms with Gasteiger partial charge in [0.25, 0.3) is 0 Å². The molecule has 0 aliphatic heterocycles. The van der Waals surface area contributed by atoms with E-state index in [0.717, 1.165) is 6.42 Å². The van der Waals surface area contributed by atoms with Crippen LogP contribution in [0.2, 0.25) is 0 Å². The lowest BCUT2D eigenvalue weighted by Gasteiger charge is -2.23. The third kappa shape index (κ3) is 3.29. The van der Waals surface area contributed by atoms with Gasteiger partial charge in [0, 0.05) is 0 Å². The number of rotatable bonds is 3. The molecule has 1 atom stereocenters. The minimum atomic E-state index is 0.194. The Morgan fingerprint density at radius 2 is 2.11 bits per heavy atom. The first kappa shape index (κ1) is 13.9. The van der Waals surface area contributed by atoms with Crippen LogP contribution in [0.5, 0.6) is 0 Å². The lowest BCUT2D eigenvalue weighted by Crippen LogP contribution is -2.11. The summed E-state index contributed by atoms with van der Waals surface area (Å²) in [7, 11) is 0. The molecule has 1 aromatic carbocycles. The number of alkyl halides is 1. The molecule has 0 radical (unpaired) electrons. The van der Waals surface area contributed by atoms with E-state index in [1.54, 1.807) is 0 Å². The number of aryl methyl sites for hydroxylation is 2. The largest absolute Gasteiger partial charge is 0.118 e. The minimum absolute atomic E-state index is 0.194. The van der Waals surface area contributed by atoms with E-state index < -0.39 is 0 Å². The highest BCUT2D eigenvalue weighted by Crippen LogP contribution is 2.42. The molecule has 1 aliphatic carbocycles. The van der Waals surface area contributed by atoms with Crippen LogP contribution >= 0.6 is 11.6 Å². The van der Waals surface area contributed by atoms with Crippen molar-refractivity contribution in [2.45, 2.75) is 64.7 Å². The first-order valence-corrected chi connectivity index (χ1v) is 7.71. The SMILES string of the molecule is CCCCc1ccc2c(c1)C(Cl)CC(C)(C)CC2. The molecule has 0 bridgehead atoms. The molecule has 0 saturated heterocycles. The zero-order valence-corrected chi connectivity index (χ0v) is 12.7. The Morgan fingerprint density at radius 1 is 1.33 bits per heavy atom. The molecule has 1 heteroatoms. The number of halogens is 1. The van der Waals surface area contributed by atoms with Gasteiger partial charge in [0.05, 0.1) is 5.38 Å². The Labute approximate surface area is 117 Å². The third-order valence-corrected chi connectivity index (χ3v) is 4.56. The van der Waals surface area contributed by atoms with Gasteiger partial charge in [0.15, 0.2) is 0 Å². The van der Waals surface area contributed by atoms with Gasteiger partial charge in [-0.25, -0.2) is 0 Å². The zero-order chi connectivity index (χ0) is 13.2. The van der Waals surface area contributed by atoms with Crippen molar-refractivity contribution in [3.63, 3.8) is 0 Å². The van der Waals surface area contributed by atoms with Gasteiger partial charge in [0.2, 0.25) is 0 Å². The highest BCUT2D eigenvalue weighted by atomic mass is 35.5. The molecule has 0 fully saturated rings. The van der Waals surface area contributed by atoms with Crippen LogP contribution in [0.15, 0.2) is 18.2 Å². The molecule has 1 aromatic rings. The molecular weight excluding hydrogens is 240 g/mol. The molecule has 18 heavy (non-hydrogen) atoms. The average molecular weight is 265 g/mol. The lowest BCUT2D eigenvalue weighted by atomic mass is 9.84. The molecule has 0 heterocycles. The van der Waals surface area contributed by atoms with Gasteiger partial charge in [-0.3, -0.25) is 0 Å². The van der Waals surface area contributed by atoms with Crippen molar-refractivity contribution < 1.29 is 0 Å². The lowest BCUT2D eigenvalue weighted by molar-refractivity contribution is 0.313. The zero-order valence-electron chi connectivity index (χ0n) is 11.9. The summed E-state index contributed by atoms with van der Waals surface area (Å²) >= 11 is 6.64. The Balaban J connectivity index is 2.24. The fourth-order valence-electron chi connectivity index (χ4n) is 2.87. The topological polar surface area (TPSA) is 0 Å². The summed E-state index contributed by atoms with van der Waals surface area (Å²) in [5, 5.41) is 0.194. The van der Waals surface area contributed by atoms with Crippen LogP contribution in [0, 0.1) is 5.41 Å². The highest BCUT2D eigenvalue weighted by Gasteiger charge is 2.28. The van der Waals surface area contributed by atoms with Crippen LogP contribution in [0.4, 0.5) is 0 Å². The summed E-state index contributed by atoms with van der Waals surface area (Å²) in [6.07, 6.45) is 7.25. The molecular formula is C17H25Cl. The van der Waals surface area contributed by atoms with Gasteiger partial charge in [-0.2, -0.15) is 0 Å². The maximum atomic E-state index is 6.64. The van der Waals surface area contributed by atoms with Crippen molar-refractivity contribution in [2.24, 2.45) is 5.41 Å². The van der Waals surface area contributed by atoms with Crippen molar-refractivity contribution in [2.75, 3.05) is 0 Å². The van der Waals surface area contributed by atoms with E-state index in [1.807, 2.05) is 0 Å². The standard InChI is InChI=1S/C17H25Cl/c1-4-5-6-13-7-8-14-9-10-17(2,3)12-16(18)15(14)11-13/h7-8,11,16H,4-6,9-10,12H2,1-3H3. The van der Waals surface area contributed by atoms with Crippen LogP contribution in [0.3, 0.4) is 0 Å². The van der Waals surface area contributed by atoms with Crippen molar-refractivity contribution in [1.82, 2.24) is 0 Å². The van der Waals surface area contributed by atoms with Crippen molar-refractivity contribution in [3.8, 4) is 0 Å². The Kier molecular flexibility index (Phi) is 4.37. The Bertz CT molecular complexity index is 406. The number of fused-ring (bicyclic) bond motifs is 1. The van der Waals surface area contributed by atoms with Gasteiger partial charge in [-0.1, -0.05) is 45.4 Å². The molecule has 1 unspecified atom stereocenters. The number of unbranched alkanes of at least 4 members (excludes halogenated alkanes) is 1. The quantitative estimate of drug-likeness (QED) is 0.487. The van der Waals surface area contributed by atoms with Crippen LogP contribution in [-0.4, -0.2) is 0 Å². The van der Waals surface area contributed by atoms with E-state index in [4.69, 9.17) is 11.6 Å². The van der Waals surface area contributed by atoms with Crippen molar-refractivity contribution >= 4 is 11.6 Å². The normalized spacial score (nSPS) is 22.3. The number of benzene rings is 1. The van der Waals surface area contributed by atoms with E-state index in [-0.39, 0.29) is 5.38 Å². The molecule has 0 spiro atoms. The van der Waals surface area contributed by atoms with E-state index in [2.05, 4.69) is 39.0 Å². The summed E-state index contributed by atoms with van der Waals surface area (Å²) in [5.41, 5.74) is 4.70. The number of hydrogen-bond donors (Lipinski definition) is 0. The van der Waals surface area contributed by atoms with Gasteiger partial charge >= 0.3 is 0 Å². The van der Waals surface area contributed by atoms with Crippen molar-refractivity contribution in [3.05, 3.63) is 34.9 Å². The predicted octanol–water partition coefficient (Wildman–Crippen LogP) is 5.67. The summed E-state index contributed by atoms with van der Waals surface area (Å²) in [5.74, 6) is 0. The van der Waals surface area contributed by atoms with E-state index in [9.17, 15) is 0 Å². The smallest absolute Gasteiger partial charge is 0.0593 e. The average Bonchev–Trinajstić information content (AvgIpc) is 2.44. The fraction of sp³-hybridized carbons (Fsp3) is 0.647. The van der Waals surface area contributed by atoms with Crippen LogP contribution in [0.1, 0.15) is 68.5 Å². The minimum Gasteiger partial charge on any atom is -0.118 e. The first-order chi connectivity index (χ1) is 8.52. The third-order valence-electron chi connectivity index (χ3n) is 4.17. The molecule has 0 nitrogen and oxygen atoms in total. The van der Waals surface area contributed by atoms with Crippen LogP contribution in [0.25, 0.3) is 0 Å². The van der Waals surface area contributed by atoms with Gasteiger partial charge < -0.3 is 0 Å². The summed E-state index contributed by atoms with van der Waals surface area (Å²) < 4.78 is 0. The highest BCUT2D eigenvalue weighted by molar-refractivity contribution is 6.21. The van der Waals surface area contributed by atoms with Gasteiger partial charge in [0.1, 0.15) is 0 Å². The molecule has 0 N–H and O–H groups in total. The fourth-order valence-corrected chi connectivity index (χ4v) is 3.49. The second-order valence-corrected chi connectivity index (χ2v) is 7.00. The molecule has 0 saturated carbocycles. The summed E-state index contributed by atoms with van der Waals surface area (Å²) in [4.78, 5) is 0. The maximum absolute atomic E-state index is 6.64. The van der Waals surface area contributed by atoms with E-state index in [1.165, 1.54) is 48.8 Å². The monoisotopic (exact) mass is 264 g/mol. The summed E-state index contributed by atoms with van der Waals surface area (Å²) in [6, 6.07) is 6.98. The van der Waals surface area contributed by atoms with Gasteiger partial charge in [-0.15, -0.1) is 11.6 Å².